The predicted octanol–water partition coefficient (Wildman–Crippen LogP) is 4.22. The van der Waals surface area contributed by atoms with Crippen LogP contribution in [0, 0.1) is 18.3 Å². The van der Waals surface area contributed by atoms with Gasteiger partial charge in [-0.25, -0.2) is 0 Å². The number of hydrogen-bond donors (Lipinski definition) is 0. The van der Waals surface area contributed by atoms with Crippen LogP contribution in [-0.2, 0) is 0 Å². The van der Waals surface area contributed by atoms with Crippen molar-refractivity contribution in [1.82, 2.24) is 14.8 Å². The molecule has 5 nitrogen and oxygen atoms in total. The van der Waals surface area contributed by atoms with Gasteiger partial charge in [0, 0.05) is 31.5 Å². The highest BCUT2D eigenvalue weighted by atomic mass is 16.2. The lowest BCUT2D eigenvalue weighted by atomic mass is 9.95. The lowest BCUT2D eigenvalue weighted by Gasteiger charge is -2.44. The van der Waals surface area contributed by atoms with Crippen LogP contribution in [0.1, 0.15) is 39.6 Å². The van der Waals surface area contributed by atoms with Gasteiger partial charge >= 0.3 is 0 Å². The molecule has 0 spiro atoms. The molecule has 0 unspecified atom stereocenters. The van der Waals surface area contributed by atoms with Gasteiger partial charge in [-0.15, -0.1) is 0 Å². The average molecular weight is 411 g/mol. The minimum atomic E-state index is -0.164. The molecule has 4 rings (SSSR count). The van der Waals surface area contributed by atoms with Crippen molar-refractivity contribution in [3.05, 3.63) is 101 Å². The Morgan fingerprint density at radius 2 is 1.68 bits per heavy atom. The molecule has 156 valence electrons. The lowest BCUT2D eigenvalue weighted by Crippen LogP contribution is -2.55. The molecule has 31 heavy (non-hydrogen) atoms. The quantitative estimate of drug-likeness (QED) is 0.632. The molecule has 1 fully saturated rings. The van der Waals surface area contributed by atoms with Gasteiger partial charge in [0.15, 0.2) is 0 Å². The third-order valence-corrected chi connectivity index (χ3v) is 5.86. The van der Waals surface area contributed by atoms with Crippen LogP contribution in [0.3, 0.4) is 0 Å². The summed E-state index contributed by atoms with van der Waals surface area (Å²) in [5.41, 5.74) is 3.88. The third-order valence-electron chi connectivity index (χ3n) is 5.86. The molecule has 1 aliphatic rings. The molecule has 5 heteroatoms. The van der Waals surface area contributed by atoms with Crippen molar-refractivity contribution in [2.24, 2.45) is 0 Å². The minimum absolute atomic E-state index is 0.0524. The molecule has 2 heterocycles. The fourth-order valence-electron chi connectivity index (χ4n) is 4.31. The molecule has 1 amide bonds. The number of benzene rings is 2. The van der Waals surface area contributed by atoms with Crippen molar-refractivity contribution < 1.29 is 4.79 Å². The summed E-state index contributed by atoms with van der Waals surface area (Å²) in [6.07, 6.45) is 1.93. The van der Waals surface area contributed by atoms with E-state index in [4.69, 9.17) is 0 Å². The van der Waals surface area contributed by atoms with Crippen molar-refractivity contribution >= 4 is 5.91 Å². The fraction of sp³-hybridized carbons (Fsp3) is 0.269. The van der Waals surface area contributed by atoms with Crippen LogP contribution < -0.4 is 0 Å². The number of aromatic nitrogens is 1. The topological polar surface area (TPSA) is 60.2 Å². The summed E-state index contributed by atoms with van der Waals surface area (Å²) in [4.78, 5) is 21.7. The van der Waals surface area contributed by atoms with Crippen LogP contribution in [-0.4, -0.2) is 46.4 Å². The van der Waals surface area contributed by atoms with Gasteiger partial charge in [0.25, 0.3) is 5.91 Å². The monoisotopic (exact) mass is 410 g/mol. The van der Waals surface area contributed by atoms with E-state index in [0.717, 1.165) is 12.2 Å². The number of hydrogen-bond acceptors (Lipinski definition) is 4. The van der Waals surface area contributed by atoms with E-state index >= 15 is 0 Å². The summed E-state index contributed by atoms with van der Waals surface area (Å²) in [6.45, 7) is 3.86. The standard InChI is InChI=1S/C26H26N4O/c1-20-12-13-23(18-28-20)26(31)30-17-16-29(19-24(30)14-15-27)25(21-8-4-2-5-9-21)22-10-6-3-7-11-22/h2-13,18,24-25H,14,16-17,19H2,1H3/t24-/m0/s1. The van der Waals surface area contributed by atoms with E-state index in [2.05, 4.69) is 64.5 Å². The second-order valence-corrected chi connectivity index (χ2v) is 7.92. The fourth-order valence-corrected chi connectivity index (χ4v) is 4.31. The number of aryl methyl sites for hydroxylation is 1. The Morgan fingerprint density at radius 3 is 2.23 bits per heavy atom. The van der Waals surface area contributed by atoms with Gasteiger partial charge in [0.1, 0.15) is 0 Å². The molecule has 0 N–H and O–H groups in total. The van der Waals surface area contributed by atoms with Crippen LogP contribution in [0.2, 0.25) is 0 Å². The van der Waals surface area contributed by atoms with Crippen molar-refractivity contribution in [2.75, 3.05) is 19.6 Å². The first-order valence-electron chi connectivity index (χ1n) is 10.6. The highest BCUT2D eigenvalue weighted by molar-refractivity contribution is 5.94. The molecule has 1 aliphatic heterocycles. The molecular weight excluding hydrogens is 384 g/mol. The SMILES string of the molecule is Cc1ccc(C(=O)N2CCN(C(c3ccccc3)c3ccccc3)C[C@@H]2CC#N)cn1. The van der Waals surface area contributed by atoms with Gasteiger partial charge in [0.2, 0.25) is 0 Å². The van der Waals surface area contributed by atoms with Gasteiger partial charge in [0.05, 0.1) is 30.1 Å². The van der Waals surface area contributed by atoms with Crippen molar-refractivity contribution in [2.45, 2.75) is 25.4 Å². The van der Waals surface area contributed by atoms with E-state index in [1.807, 2.05) is 36.1 Å². The predicted molar refractivity (Wildman–Crippen MR) is 120 cm³/mol. The number of pyridine rings is 1. The van der Waals surface area contributed by atoms with Crippen LogP contribution >= 0.6 is 0 Å². The van der Waals surface area contributed by atoms with E-state index in [-0.39, 0.29) is 18.0 Å². The molecule has 1 atom stereocenters. The molecule has 2 aromatic carbocycles. The average Bonchev–Trinajstić information content (AvgIpc) is 2.81. The first kappa shape index (κ1) is 20.8. The molecule has 1 aromatic heterocycles. The Balaban J connectivity index is 1.61. The Labute approximate surface area is 183 Å². The number of nitriles is 1. The van der Waals surface area contributed by atoms with Crippen molar-refractivity contribution in [3.8, 4) is 6.07 Å². The number of piperazine rings is 1. The van der Waals surface area contributed by atoms with E-state index in [1.165, 1.54) is 11.1 Å². The second kappa shape index (κ2) is 9.55. The van der Waals surface area contributed by atoms with Crippen LogP contribution in [0.4, 0.5) is 0 Å². The van der Waals surface area contributed by atoms with E-state index in [9.17, 15) is 10.1 Å². The Hall–Kier alpha value is -3.49. The highest BCUT2D eigenvalue weighted by Gasteiger charge is 2.34. The molecule has 3 aromatic rings. The number of rotatable bonds is 5. The summed E-state index contributed by atoms with van der Waals surface area (Å²) >= 11 is 0. The normalized spacial score (nSPS) is 16.8. The van der Waals surface area contributed by atoms with Crippen molar-refractivity contribution in [3.63, 3.8) is 0 Å². The zero-order chi connectivity index (χ0) is 21.6. The maximum absolute atomic E-state index is 13.2. The molecule has 1 saturated heterocycles. The molecule has 0 aliphatic carbocycles. The Bertz CT molecular complexity index is 1000. The zero-order valence-corrected chi connectivity index (χ0v) is 17.7. The summed E-state index contributed by atoms with van der Waals surface area (Å²) in [6, 6.07) is 26.7. The van der Waals surface area contributed by atoms with Crippen LogP contribution in [0.25, 0.3) is 0 Å². The Kier molecular flexibility index (Phi) is 6.40. The Morgan fingerprint density at radius 1 is 1.03 bits per heavy atom. The van der Waals surface area contributed by atoms with Gasteiger partial charge in [-0.1, -0.05) is 60.7 Å². The zero-order valence-electron chi connectivity index (χ0n) is 17.7. The first-order valence-corrected chi connectivity index (χ1v) is 10.6. The van der Waals surface area contributed by atoms with Crippen LogP contribution in [0.15, 0.2) is 79.0 Å². The number of amides is 1. The smallest absolute Gasteiger partial charge is 0.255 e. The first-order chi connectivity index (χ1) is 15.2. The summed E-state index contributed by atoms with van der Waals surface area (Å²) in [5, 5.41) is 9.47. The second-order valence-electron chi connectivity index (χ2n) is 7.92. The van der Waals surface area contributed by atoms with E-state index in [1.54, 1.807) is 6.20 Å². The maximum Gasteiger partial charge on any atom is 0.255 e. The largest absolute Gasteiger partial charge is 0.332 e. The molecular formula is C26H26N4O. The highest BCUT2D eigenvalue weighted by Crippen LogP contribution is 2.31. The number of nitrogens with zero attached hydrogens (tertiary/aromatic N) is 4. The molecule has 0 bridgehead atoms. The van der Waals surface area contributed by atoms with E-state index in [0.29, 0.717) is 25.1 Å². The van der Waals surface area contributed by atoms with Crippen LogP contribution in [0.5, 0.6) is 0 Å². The minimum Gasteiger partial charge on any atom is -0.332 e. The summed E-state index contributed by atoms with van der Waals surface area (Å²) < 4.78 is 0. The number of carbonyl (C=O) groups excluding carboxylic acids is 1. The summed E-state index contributed by atoms with van der Waals surface area (Å²) in [7, 11) is 0. The van der Waals surface area contributed by atoms with Gasteiger partial charge < -0.3 is 4.90 Å². The van der Waals surface area contributed by atoms with Gasteiger partial charge in [-0.2, -0.15) is 5.26 Å². The van der Waals surface area contributed by atoms with Gasteiger partial charge in [-0.05, 0) is 30.2 Å². The number of carbonyl (C=O) groups is 1. The molecule has 0 radical (unpaired) electrons. The maximum atomic E-state index is 13.2. The third kappa shape index (κ3) is 4.65. The molecule has 0 saturated carbocycles. The lowest BCUT2D eigenvalue weighted by molar-refractivity contribution is 0.0397. The summed E-state index contributed by atoms with van der Waals surface area (Å²) in [5.74, 6) is -0.0524. The van der Waals surface area contributed by atoms with Gasteiger partial charge in [-0.3, -0.25) is 14.7 Å². The van der Waals surface area contributed by atoms with Crippen molar-refractivity contribution in [1.29, 1.82) is 5.26 Å². The van der Waals surface area contributed by atoms with E-state index < -0.39 is 0 Å².